The van der Waals surface area contributed by atoms with E-state index in [0.29, 0.717) is 5.56 Å². The number of ether oxygens (including phenoxy) is 1. The van der Waals surface area contributed by atoms with Gasteiger partial charge in [0.2, 0.25) is 0 Å². The van der Waals surface area contributed by atoms with Gasteiger partial charge in [0.15, 0.2) is 0 Å². The van der Waals surface area contributed by atoms with E-state index < -0.39 is 12.1 Å². The standard InChI is InChI=1S/C15H20O6/c1-10-7-6-8-12(11(10)2)13(16)19-21-20-14(17)18-9-15(3,4)5/h6-8H,9H2,1-5H3. The van der Waals surface area contributed by atoms with Crippen LogP contribution in [0.4, 0.5) is 4.79 Å². The van der Waals surface area contributed by atoms with E-state index in [2.05, 4.69) is 14.8 Å². The van der Waals surface area contributed by atoms with Gasteiger partial charge < -0.3 is 4.74 Å². The van der Waals surface area contributed by atoms with Gasteiger partial charge in [-0.1, -0.05) is 32.9 Å². The predicted octanol–water partition coefficient (Wildman–Crippen LogP) is 3.51. The smallest absolute Gasteiger partial charge is 0.432 e. The number of carbonyl (C=O) groups excluding carboxylic acids is 2. The minimum Gasteiger partial charge on any atom is -0.432 e. The molecule has 116 valence electrons. The maximum absolute atomic E-state index is 11.7. The van der Waals surface area contributed by atoms with Crippen molar-refractivity contribution >= 4 is 12.1 Å². The molecule has 0 spiro atoms. The molecule has 21 heavy (non-hydrogen) atoms. The van der Waals surface area contributed by atoms with Crippen LogP contribution in [0, 0.1) is 19.3 Å². The van der Waals surface area contributed by atoms with Crippen LogP contribution in [0.3, 0.4) is 0 Å². The molecule has 0 aliphatic rings. The van der Waals surface area contributed by atoms with Crippen molar-refractivity contribution < 1.29 is 29.1 Å². The fourth-order valence-electron chi connectivity index (χ4n) is 1.39. The first-order valence-electron chi connectivity index (χ1n) is 6.49. The van der Waals surface area contributed by atoms with Gasteiger partial charge in [-0.2, -0.15) is 0 Å². The van der Waals surface area contributed by atoms with Crippen LogP contribution in [-0.2, 0) is 19.6 Å². The van der Waals surface area contributed by atoms with Crippen LogP contribution in [-0.4, -0.2) is 18.7 Å². The Morgan fingerprint density at radius 3 is 2.38 bits per heavy atom. The molecule has 0 radical (unpaired) electrons. The first-order chi connectivity index (χ1) is 9.70. The van der Waals surface area contributed by atoms with Gasteiger partial charge in [-0.25, -0.2) is 14.5 Å². The Kier molecular flexibility index (Phi) is 5.72. The van der Waals surface area contributed by atoms with Crippen molar-refractivity contribution in [3.8, 4) is 0 Å². The molecular weight excluding hydrogens is 276 g/mol. The second-order valence-electron chi connectivity index (χ2n) is 5.87. The zero-order chi connectivity index (χ0) is 16.0. The largest absolute Gasteiger partial charge is 0.543 e. The van der Waals surface area contributed by atoms with Gasteiger partial charge in [0.1, 0.15) is 0 Å². The Morgan fingerprint density at radius 2 is 1.76 bits per heavy atom. The number of benzene rings is 1. The quantitative estimate of drug-likeness (QED) is 0.481. The van der Waals surface area contributed by atoms with Gasteiger partial charge in [-0.3, -0.25) is 4.89 Å². The lowest BCUT2D eigenvalue weighted by molar-refractivity contribution is -0.452. The average molecular weight is 296 g/mol. The van der Waals surface area contributed by atoms with E-state index in [1.54, 1.807) is 19.1 Å². The summed E-state index contributed by atoms with van der Waals surface area (Å²) in [6.07, 6.45) is -1.07. The minimum absolute atomic E-state index is 0.153. The zero-order valence-electron chi connectivity index (χ0n) is 12.9. The predicted molar refractivity (Wildman–Crippen MR) is 74.3 cm³/mol. The van der Waals surface area contributed by atoms with E-state index in [0.717, 1.165) is 11.1 Å². The van der Waals surface area contributed by atoms with Crippen LogP contribution >= 0.6 is 0 Å². The van der Waals surface area contributed by atoms with Gasteiger partial charge in [-0.15, -0.1) is 0 Å². The number of rotatable bonds is 4. The molecule has 0 saturated carbocycles. The first kappa shape index (κ1) is 17.0. The minimum atomic E-state index is -1.07. The lowest BCUT2D eigenvalue weighted by atomic mass is 9.99. The number of hydrogen-bond donors (Lipinski definition) is 0. The van der Waals surface area contributed by atoms with E-state index in [1.165, 1.54) is 0 Å². The summed E-state index contributed by atoms with van der Waals surface area (Å²) >= 11 is 0. The molecule has 0 aromatic heterocycles. The maximum Gasteiger partial charge on any atom is 0.543 e. The zero-order valence-corrected chi connectivity index (χ0v) is 12.9. The monoisotopic (exact) mass is 296 g/mol. The van der Waals surface area contributed by atoms with E-state index in [1.807, 2.05) is 33.8 Å². The highest BCUT2D eigenvalue weighted by Crippen LogP contribution is 2.15. The van der Waals surface area contributed by atoms with E-state index >= 15 is 0 Å². The normalized spacial score (nSPS) is 10.9. The molecule has 1 aromatic rings. The van der Waals surface area contributed by atoms with Crippen LogP contribution in [0.25, 0.3) is 0 Å². The lowest BCUT2D eigenvalue weighted by Crippen LogP contribution is -2.19. The highest BCUT2D eigenvalue weighted by atomic mass is 17.5. The Balaban J connectivity index is 2.40. The summed E-state index contributed by atoms with van der Waals surface area (Å²) in [6, 6.07) is 5.18. The van der Waals surface area contributed by atoms with E-state index in [9.17, 15) is 9.59 Å². The SMILES string of the molecule is Cc1cccc(C(=O)OOOC(=O)OCC(C)(C)C)c1C. The number of aryl methyl sites for hydroxylation is 1. The highest BCUT2D eigenvalue weighted by Gasteiger charge is 2.17. The molecule has 0 bridgehead atoms. The average Bonchev–Trinajstić information content (AvgIpc) is 2.38. The summed E-state index contributed by atoms with van der Waals surface area (Å²) in [5.74, 6) is -0.750. The molecule has 1 aromatic carbocycles. The Bertz CT molecular complexity index is 515. The molecule has 0 amide bonds. The van der Waals surface area contributed by atoms with Crippen molar-refractivity contribution in [1.82, 2.24) is 0 Å². The molecule has 0 aliphatic heterocycles. The third kappa shape index (κ3) is 5.83. The van der Waals surface area contributed by atoms with Gasteiger partial charge in [0.05, 0.1) is 17.2 Å². The van der Waals surface area contributed by atoms with Gasteiger partial charge >= 0.3 is 12.1 Å². The van der Waals surface area contributed by atoms with Gasteiger partial charge in [-0.05, 0) is 36.5 Å². The summed E-state index contributed by atoms with van der Waals surface area (Å²) in [5, 5.41) is 4.15. The lowest BCUT2D eigenvalue weighted by Gasteiger charge is -2.16. The van der Waals surface area contributed by atoms with Crippen molar-refractivity contribution in [3.63, 3.8) is 0 Å². The second kappa shape index (κ2) is 7.08. The van der Waals surface area contributed by atoms with Gasteiger partial charge in [0, 0.05) is 0 Å². The van der Waals surface area contributed by atoms with E-state index in [-0.39, 0.29) is 12.0 Å². The van der Waals surface area contributed by atoms with Gasteiger partial charge in [0.25, 0.3) is 0 Å². The molecule has 0 aliphatic carbocycles. The molecule has 6 heteroatoms. The Hall–Kier alpha value is -2.08. The Labute approximate surface area is 123 Å². The fourth-order valence-corrected chi connectivity index (χ4v) is 1.39. The molecule has 0 N–H and O–H groups in total. The van der Waals surface area contributed by atoms with Crippen LogP contribution in [0.15, 0.2) is 18.2 Å². The summed E-state index contributed by atoms with van der Waals surface area (Å²) < 4.78 is 4.76. The van der Waals surface area contributed by atoms with Crippen molar-refractivity contribution in [2.45, 2.75) is 34.6 Å². The topological polar surface area (TPSA) is 71.1 Å². The summed E-state index contributed by atoms with van der Waals surface area (Å²) in [5.41, 5.74) is 1.84. The fraction of sp³-hybridized carbons (Fsp3) is 0.467. The molecule has 0 heterocycles. The Morgan fingerprint density at radius 1 is 1.10 bits per heavy atom. The van der Waals surface area contributed by atoms with Crippen LogP contribution in [0.2, 0.25) is 0 Å². The van der Waals surface area contributed by atoms with Crippen molar-refractivity contribution in [3.05, 3.63) is 34.9 Å². The maximum atomic E-state index is 11.7. The molecule has 0 saturated heterocycles. The summed E-state index contributed by atoms with van der Waals surface area (Å²) in [4.78, 5) is 31.5. The van der Waals surface area contributed by atoms with Crippen molar-refractivity contribution in [1.29, 1.82) is 0 Å². The van der Waals surface area contributed by atoms with Crippen LogP contribution in [0.1, 0.15) is 42.3 Å². The van der Waals surface area contributed by atoms with Crippen LogP contribution < -0.4 is 0 Å². The molecule has 6 nitrogen and oxygen atoms in total. The van der Waals surface area contributed by atoms with Crippen molar-refractivity contribution in [2.24, 2.45) is 5.41 Å². The first-order valence-corrected chi connectivity index (χ1v) is 6.49. The molecule has 0 atom stereocenters. The summed E-state index contributed by atoms with van der Waals surface area (Å²) in [6.45, 7) is 9.48. The molecular formula is C15H20O6. The third-order valence-electron chi connectivity index (χ3n) is 2.66. The number of hydrogen-bond acceptors (Lipinski definition) is 6. The third-order valence-corrected chi connectivity index (χ3v) is 2.66. The molecule has 1 rings (SSSR count). The molecule has 0 fully saturated rings. The summed E-state index contributed by atoms with van der Waals surface area (Å²) in [7, 11) is 0. The van der Waals surface area contributed by atoms with Crippen LogP contribution in [0.5, 0.6) is 0 Å². The molecule has 0 unspecified atom stereocenters. The second-order valence-corrected chi connectivity index (χ2v) is 5.87. The van der Waals surface area contributed by atoms with E-state index in [4.69, 9.17) is 4.74 Å². The van der Waals surface area contributed by atoms with Crippen molar-refractivity contribution in [2.75, 3.05) is 6.61 Å². The number of carbonyl (C=O) groups is 2. The highest BCUT2D eigenvalue weighted by molar-refractivity contribution is 5.90.